The highest BCUT2D eigenvalue weighted by molar-refractivity contribution is 6.43. The third-order valence-corrected chi connectivity index (χ3v) is 4.99. The molecule has 1 amide bonds. The van der Waals surface area contributed by atoms with Crippen LogP contribution in [-0.4, -0.2) is 37.1 Å². The van der Waals surface area contributed by atoms with Gasteiger partial charge in [-0.25, -0.2) is 4.98 Å². The second kappa shape index (κ2) is 6.66. The number of fused-ring (bicyclic) bond motifs is 1. The lowest BCUT2D eigenvalue weighted by atomic mass is 10.2. The van der Waals surface area contributed by atoms with Crippen LogP contribution in [0.5, 0.6) is 0 Å². The van der Waals surface area contributed by atoms with E-state index in [4.69, 9.17) is 23.2 Å². The van der Waals surface area contributed by atoms with Crippen LogP contribution in [0.25, 0.3) is 11.5 Å². The second-order valence-electron chi connectivity index (χ2n) is 5.77. The third kappa shape index (κ3) is 2.93. The molecule has 132 valence electrons. The SMILES string of the molecule is O=C(c1cccc(Cl)c1Cl)N1CCn2c(nnc2-c2cccc(F)n2)C1. The van der Waals surface area contributed by atoms with Gasteiger partial charge >= 0.3 is 0 Å². The summed E-state index contributed by atoms with van der Waals surface area (Å²) < 4.78 is 15.2. The van der Waals surface area contributed by atoms with Crippen LogP contribution in [0.15, 0.2) is 36.4 Å². The van der Waals surface area contributed by atoms with Crippen molar-refractivity contribution in [1.29, 1.82) is 0 Å². The summed E-state index contributed by atoms with van der Waals surface area (Å²) in [6.45, 7) is 1.18. The normalized spacial score (nSPS) is 13.6. The molecule has 0 N–H and O–H groups in total. The Morgan fingerprint density at radius 2 is 1.88 bits per heavy atom. The number of nitrogens with zero attached hydrogens (tertiary/aromatic N) is 5. The Bertz CT molecular complexity index is 1010. The van der Waals surface area contributed by atoms with Gasteiger partial charge in [-0.1, -0.05) is 35.3 Å². The van der Waals surface area contributed by atoms with Gasteiger partial charge in [-0.2, -0.15) is 4.39 Å². The number of carbonyl (C=O) groups excluding carboxylic acids is 1. The van der Waals surface area contributed by atoms with E-state index in [-0.39, 0.29) is 17.5 Å². The number of carbonyl (C=O) groups is 1. The monoisotopic (exact) mass is 391 g/mol. The standard InChI is InChI=1S/C17H12Cl2FN5O/c18-11-4-1-3-10(15(11)19)17(26)24-7-8-25-14(9-24)22-23-16(25)12-5-2-6-13(20)21-12/h1-6H,7-9H2. The van der Waals surface area contributed by atoms with Crippen molar-refractivity contribution >= 4 is 29.1 Å². The van der Waals surface area contributed by atoms with Gasteiger partial charge in [-0.3, -0.25) is 4.79 Å². The summed E-state index contributed by atoms with van der Waals surface area (Å²) >= 11 is 12.1. The molecule has 0 fully saturated rings. The summed E-state index contributed by atoms with van der Waals surface area (Å²) in [4.78, 5) is 18.2. The van der Waals surface area contributed by atoms with Gasteiger partial charge < -0.3 is 9.47 Å². The third-order valence-electron chi connectivity index (χ3n) is 4.17. The molecule has 3 aromatic rings. The molecule has 3 heterocycles. The minimum absolute atomic E-state index is 0.225. The smallest absolute Gasteiger partial charge is 0.255 e. The summed E-state index contributed by atoms with van der Waals surface area (Å²) in [7, 11) is 0. The first-order chi connectivity index (χ1) is 12.5. The van der Waals surface area contributed by atoms with E-state index in [1.807, 2.05) is 4.57 Å². The molecule has 2 aromatic heterocycles. The molecule has 0 saturated heterocycles. The predicted octanol–water partition coefficient (Wildman–Crippen LogP) is 3.44. The summed E-state index contributed by atoms with van der Waals surface area (Å²) in [5.41, 5.74) is 0.751. The van der Waals surface area contributed by atoms with Crippen LogP contribution in [0.4, 0.5) is 4.39 Å². The van der Waals surface area contributed by atoms with Crippen molar-refractivity contribution in [2.75, 3.05) is 6.54 Å². The highest BCUT2D eigenvalue weighted by Gasteiger charge is 2.27. The fraction of sp³-hybridized carbons (Fsp3) is 0.176. The molecule has 1 aromatic carbocycles. The van der Waals surface area contributed by atoms with Crippen molar-refractivity contribution in [2.45, 2.75) is 13.1 Å². The van der Waals surface area contributed by atoms with Gasteiger partial charge in [-0.05, 0) is 24.3 Å². The van der Waals surface area contributed by atoms with Gasteiger partial charge in [0.25, 0.3) is 5.91 Å². The van der Waals surface area contributed by atoms with Crippen LogP contribution in [0.3, 0.4) is 0 Å². The number of aromatic nitrogens is 4. The van der Waals surface area contributed by atoms with E-state index < -0.39 is 5.95 Å². The number of hydrogen-bond acceptors (Lipinski definition) is 4. The fourth-order valence-corrected chi connectivity index (χ4v) is 3.27. The summed E-state index contributed by atoms with van der Waals surface area (Å²) in [5, 5.41) is 8.80. The maximum Gasteiger partial charge on any atom is 0.255 e. The number of benzene rings is 1. The van der Waals surface area contributed by atoms with Crippen molar-refractivity contribution < 1.29 is 9.18 Å². The molecule has 4 rings (SSSR count). The quantitative estimate of drug-likeness (QED) is 0.627. The molecular weight excluding hydrogens is 380 g/mol. The first-order valence-corrected chi connectivity index (χ1v) is 8.58. The number of pyridine rings is 1. The lowest BCUT2D eigenvalue weighted by Gasteiger charge is -2.28. The summed E-state index contributed by atoms with van der Waals surface area (Å²) in [6.07, 6.45) is 0. The molecule has 1 aliphatic heterocycles. The van der Waals surface area contributed by atoms with Crippen LogP contribution < -0.4 is 0 Å². The lowest BCUT2D eigenvalue weighted by Crippen LogP contribution is -2.38. The van der Waals surface area contributed by atoms with E-state index >= 15 is 0 Å². The largest absolute Gasteiger partial charge is 0.329 e. The zero-order chi connectivity index (χ0) is 18.3. The number of amides is 1. The van der Waals surface area contributed by atoms with Crippen LogP contribution >= 0.6 is 23.2 Å². The van der Waals surface area contributed by atoms with Crippen molar-refractivity contribution in [3.63, 3.8) is 0 Å². The van der Waals surface area contributed by atoms with Crippen LogP contribution in [0, 0.1) is 5.95 Å². The fourth-order valence-electron chi connectivity index (χ4n) is 2.89. The molecule has 0 radical (unpaired) electrons. The van der Waals surface area contributed by atoms with E-state index in [1.54, 1.807) is 35.2 Å². The second-order valence-corrected chi connectivity index (χ2v) is 6.55. The Kier molecular flexibility index (Phi) is 4.34. The van der Waals surface area contributed by atoms with Gasteiger partial charge in [0.2, 0.25) is 5.95 Å². The molecule has 0 saturated carbocycles. The molecule has 0 atom stereocenters. The Morgan fingerprint density at radius 1 is 1.08 bits per heavy atom. The number of halogens is 3. The molecule has 0 spiro atoms. The van der Waals surface area contributed by atoms with Gasteiger partial charge in [-0.15, -0.1) is 10.2 Å². The molecule has 0 aliphatic carbocycles. The number of hydrogen-bond donors (Lipinski definition) is 0. The van der Waals surface area contributed by atoms with Crippen molar-refractivity contribution in [2.24, 2.45) is 0 Å². The minimum Gasteiger partial charge on any atom is -0.329 e. The Labute approximate surface area is 158 Å². The van der Waals surface area contributed by atoms with E-state index in [9.17, 15) is 9.18 Å². The number of rotatable bonds is 2. The van der Waals surface area contributed by atoms with Gasteiger partial charge in [0, 0.05) is 13.1 Å². The first-order valence-electron chi connectivity index (χ1n) is 7.83. The van der Waals surface area contributed by atoms with Crippen molar-refractivity contribution in [3.8, 4) is 11.5 Å². The maximum atomic E-state index is 13.4. The Morgan fingerprint density at radius 3 is 2.69 bits per heavy atom. The van der Waals surface area contributed by atoms with E-state index in [2.05, 4.69) is 15.2 Å². The summed E-state index contributed by atoms with van der Waals surface area (Å²) in [6, 6.07) is 9.46. The van der Waals surface area contributed by atoms with Crippen LogP contribution in [-0.2, 0) is 13.1 Å². The first kappa shape index (κ1) is 16.9. The zero-order valence-electron chi connectivity index (χ0n) is 13.4. The van der Waals surface area contributed by atoms with E-state index in [0.717, 1.165) is 0 Å². The highest BCUT2D eigenvalue weighted by Crippen LogP contribution is 2.28. The van der Waals surface area contributed by atoms with Crippen LogP contribution in [0.2, 0.25) is 10.0 Å². The van der Waals surface area contributed by atoms with Crippen molar-refractivity contribution in [1.82, 2.24) is 24.6 Å². The average molecular weight is 392 g/mol. The molecule has 0 unspecified atom stereocenters. The predicted molar refractivity (Wildman–Crippen MR) is 94.4 cm³/mol. The Hall–Kier alpha value is -2.51. The highest BCUT2D eigenvalue weighted by atomic mass is 35.5. The topological polar surface area (TPSA) is 63.9 Å². The molecular formula is C17H12Cl2FN5O. The molecule has 0 bridgehead atoms. The van der Waals surface area contributed by atoms with Gasteiger partial charge in [0.05, 0.1) is 22.2 Å². The van der Waals surface area contributed by atoms with Gasteiger partial charge in [0.1, 0.15) is 5.69 Å². The van der Waals surface area contributed by atoms with E-state index in [0.29, 0.717) is 41.0 Å². The molecule has 1 aliphatic rings. The lowest BCUT2D eigenvalue weighted by molar-refractivity contribution is 0.0708. The minimum atomic E-state index is -0.580. The van der Waals surface area contributed by atoms with E-state index in [1.165, 1.54) is 6.07 Å². The maximum absolute atomic E-state index is 13.4. The molecule has 26 heavy (non-hydrogen) atoms. The van der Waals surface area contributed by atoms with Crippen molar-refractivity contribution in [3.05, 3.63) is 63.8 Å². The zero-order valence-corrected chi connectivity index (χ0v) is 14.9. The van der Waals surface area contributed by atoms with Gasteiger partial charge in [0.15, 0.2) is 11.6 Å². The Balaban J connectivity index is 1.61. The summed E-state index contributed by atoms with van der Waals surface area (Å²) in [5.74, 6) is 0.274. The molecule has 9 heteroatoms. The van der Waals surface area contributed by atoms with Crippen LogP contribution in [0.1, 0.15) is 16.2 Å². The molecule has 6 nitrogen and oxygen atoms in total. The average Bonchev–Trinajstić information content (AvgIpc) is 3.06.